The number of nitrogens with one attached hydrogen (secondary N) is 1. The number of ether oxygens (including phenoxy) is 1. The quantitative estimate of drug-likeness (QED) is 0.661. The van der Waals surface area contributed by atoms with Crippen molar-refractivity contribution in [3.63, 3.8) is 0 Å². The molecular weight excluding hydrogens is 176 g/mol. The molecule has 5 heteroatoms. The van der Waals surface area contributed by atoms with Gasteiger partial charge in [0, 0.05) is 25.3 Å². The molecule has 1 aromatic heterocycles. The second-order valence-corrected chi connectivity index (χ2v) is 3.32. The fraction of sp³-hybridized carbons (Fsp3) is 0.571. The Hall–Kier alpha value is -0.520. The summed E-state index contributed by atoms with van der Waals surface area (Å²) < 4.78 is 4.78. The maximum Gasteiger partial charge on any atom is 0.165 e. The van der Waals surface area contributed by atoms with Crippen molar-refractivity contribution in [3.8, 4) is 0 Å². The summed E-state index contributed by atoms with van der Waals surface area (Å²) in [5, 5.41) is 10.1. The molecule has 0 amide bonds. The summed E-state index contributed by atoms with van der Waals surface area (Å²) in [5.41, 5.74) is 0. The molecule has 2 N–H and O–H groups in total. The third kappa shape index (κ3) is 3.25. The molecule has 1 atom stereocenters. The maximum absolute atomic E-state index is 9.26. The first-order chi connectivity index (χ1) is 5.83. The lowest BCUT2D eigenvalue weighted by Crippen LogP contribution is -2.16. The molecule has 1 aromatic rings. The van der Waals surface area contributed by atoms with Crippen LogP contribution >= 0.6 is 11.8 Å². The van der Waals surface area contributed by atoms with Crippen LogP contribution in [0.5, 0.6) is 0 Å². The molecule has 1 rings (SSSR count). The van der Waals surface area contributed by atoms with Crippen molar-refractivity contribution in [3.05, 3.63) is 12.4 Å². The molecule has 0 aromatic carbocycles. The average molecular weight is 188 g/mol. The predicted octanol–water partition coefficient (Wildman–Crippen LogP) is 0.509. The van der Waals surface area contributed by atoms with Gasteiger partial charge in [-0.05, 0) is 0 Å². The number of aliphatic hydroxyl groups excluding tert-OH is 1. The first-order valence-electron chi connectivity index (χ1n) is 3.62. The van der Waals surface area contributed by atoms with Crippen LogP contribution in [-0.4, -0.2) is 40.6 Å². The lowest BCUT2D eigenvalue weighted by Gasteiger charge is -2.06. The first-order valence-corrected chi connectivity index (χ1v) is 4.60. The number of methoxy groups -OCH3 is 1. The Kier molecular flexibility index (Phi) is 4.13. The fourth-order valence-electron chi connectivity index (χ4n) is 0.745. The van der Waals surface area contributed by atoms with E-state index in [0.29, 0.717) is 12.4 Å². The van der Waals surface area contributed by atoms with Gasteiger partial charge in [-0.2, -0.15) is 0 Å². The van der Waals surface area contributed by atoms with Crippen LogP contribution in [0.2, 0.25) is 0 Å². The van der Waals surface area contributed by atoms with Crippen molar-refractivity contribution in [2.45, 2.75) is 11.3 Å². The average Bonchev–Trinajstić information content (AvgIpc) is 2.53. The van der Waals surface area contributed by atoms with Gasteiger partial charge in [-0.3, -0.25) is 0 Å². The molecule has 0 aliphatic carbocycles. The topological polar surface area (TPSA) is 58.1 Å². The van der Waals surface area contributed by atoms with Gasteiger partial charge >= 0.3 is 0 Å². The highest BCUT2D eigenvalue weighted by Crippen LogP contribution is 2.12. The number of rotatable bonds is 5. The van der Waals surface area contributed by atoms with E-state index in [1.807, 2.05) is 0 Å². The number of nitrogens with zero attached hydrogens (tertiary/aromatic N) is 1. The SMILES string of the molecule is COCC(O)CSc1ncc[nH]1. The van der Waals surface area contributed by atoms with Gasteiger partial charge in [0.1, 0.15) is 0 Å². The number of thioether (sulfide) groups is 1. The number of aliphatic hydroxyl groups is 1. The van der Waals surface area contributed by atoms with Crippen LogP contribution in [0.15, 0.2) is 17.6 Å². The van der Waals surface area contributed by atoms with E-state index in [9.17, 15) is 5.11 Å². The highest BCUT2D eigenvalue weighted by molar-refractivity contribution is 7.99. The van der Waals surface area contributed by atoms with Crippen molar-refractivity contribution in [2.24, 2.45) is 0 Å². The molecule has 4 nitrogen and oxygen atoms in total. The smallest absolute Gasteiger partial charge is 0.165 e. The second kappa shape index (κ2) is 5.18. The number of imidazole rings is 1. The van der Waals surface area contributed by atoms with Crippen LogP contribution in [0, 0.1) is 0 Å². The molecule has 12 heavy (non-hydrogen) atoms. The molecule has 0 aliphatic heterocycles. The van der Waals surface area contributed by atoms with Gasteiger partial charge in [-0.1, -0.05) is 11.8 Å². The van der Waals surface area contributed by atoms with Gasteiger partial charge in [0.15, 0.2) is 5.16 Å². The van der Waals surface area contributed by atoms with Crippen molar-refractivity contribution < 1.29 is 9.84 Å². The second-order valence-electron chi connectivity index (χ2n) is 2.31. The molecule has 0 fully saturated rings. The van der Waals surface area contributed by atoms with E-state index in [1.54, 1.807) is 19.5 Å². The maximum atomic E-state index is 9.26. The Morgan fingerprint density at radius 1 is 1.83 bits per heavy atom. The summed E-state index contributed by atoms with van der Waals surface area (Å²) in [5.74, 6) is 0.599. The van der Waals surface area contributed by atoms with E-state index < -0.39 is 6.10 Å². The van der Waals surface area contributed by atoms with E-state index in [0.717, 1.165) is 5.16 Å². The molecule has 1 heterocycles. The summed E-state index contributed by atoms with van der Waals surface area (Å²) in [6, 6.07) is 0. The largest absolute Gasteiger partial charge is 0.390 e. The van der Waals surface area contributed by atoms with E-state index in [-0.39, 0.29) is 0 Å². The van der Waals surface area contributed by atoms with E-state index >= 15 is 0 Å². The van der Waals surface area contributed by atoms with E-state index in [1.165, 1.54) is 11.8 Å². The molecule has 0 radical (unpaired) electrons. The normalized spacial score (nSPS) is 13.2. The molecule has 0 bridgehead atoms. The van der Waals surface area contributed by atoms with E-state index in [4.69, 9.17) is 4.74 Å². The van der Waals surface area contributed by atoms with Crippen LogP contribution in [0.4, 0.5) is 0 Å². The number of aromatic nitrogens is 2. The fourth-order valence-corrected chi connectivity index (χ4v) is 1.48. The third-order valence-electron chi connectivity index (χ3n) is 1.24. The standard InChI is InChI=1S/C7H12N2O2S/c1-11-4-6(10)5-12-7-8-2-3-9-7/h2-3,6,10H,4-5H2,1H3,(H,8,9). The Balaban J connectivity index is 2.17. The minimum Gasteiger partial charge on any atom is -0.390 e. The molecular formula is C7H12N2O2S. The highest BCUT2D eigenvalue weighted by atomic mass is 32.2. The third-order valence-corrected chi connectivity index (χ3v) is 2.29. The number of aromatic amines is 1. The number of hydrogen-bond acceptors (Lipinski definition) is 4. The van der Waals surface area contributed by atoms with Gasteiger partial charge in [0.05, 0.1) is 12.7 Å². The molecule has 0 saturated heterocycles. The van der Waals surface area contributed by atoms with Crippen LogP contribution in [0.3, 0.4) is 0 Å². The first kappa shape index (κ1) is 9.57. The lowest BCUT2D eigenvalue weighted by molar-refractivity contribution is 0.0794. The summed E-state index contributed by atoms with van der Waals surface area (Å²) in [4.78, 5) is 6.94. The molecule has 1 unspecified atom stereocenters. The Bertz CT molecular complexity index is 203. The van der Waals surface area contributed by atoms with Gasteiger partial charge < -0.3 is 14.8 Å². The van der Waals surface area contributed by atoms with Gasteiger partial charge in [-0.15, -0.1) is 0 Å². The minimum atomic E-state index is -0.426. The molecule has 0 spiro atoms. The van der Waals surface area contributed by atoms with Gasteiger partial charge in [-0.25, -0.2) is 4.98 Å². The van der Waals surface area contributed by atoms with Gasteiger partial charge in [0.25, 0.3) is 0 Å². The number of hydrogen-bond donors (Lipinski definition) is 2. The Labute approximate surface area is 75.4 Å². The predicted molar refractivity (Wildman–Crippen MR) is 47.2 cm³/mol. The van der Waals surface area contributed by atoms with Crippen molar-refractivity contribution >= 4 is 11.8 Å². The molecule has 68 valence electrons. The summed E-state index contributed by atoms with van der Waals surface area (Å²) >= 11 is 1.48. The van der Waals surface area contributed by atoms with Crippen molar-refractivity contribution in [1.29, 1.82) is 0 Å². The zero-order chi connectivity index (χ0) is 8.81. The van der Waals surface area contributed by atoms with Crippen molar-refractivity contribution in [1.82, 2.24) is 9.97 Å². The molecule has 0 saturated carbocycles. The van der Waals surface area contributed by atoms with Crippen LogP contribution in [0.1, 0.15) is 0 Å². The lowest BCUT2D eigenvalue weighted by atomic mass is 10.4. The summed E-state index contributed by atoms with van der Waals surface area (Å²) in [7, 11) is 1.57. The zero-order valence-corrected chi connectivity index (χ0v) is 7.67. The highest BCUT2D eigenvalue weighted by Gasteiger charge is 2.04. The van der Waals surface area contributed by atoms with Gasteiger partial charge in [0.2, 0.25) is 0 Å². The van der Waals surface area contributed by atoms with Crippen molar-refractivity contribution in [2.75, 3.05) is 19.5 Å². The Morgan fingerprint density at radius 3 is 3.25 bits per heavy atom. The van der Waals surface area contributed by atoms with E-state index in [2.05, 4.69) is 9.97 Å². The summed E-state index contributed by atoms with van der Waals surface area (Å²) in [6.45, 7) is 0.369. The minimum absolute atomic E-state index is 0.369. The van der Waals surface area contributed by atoms with Crippen LogP contribution in [-0.2, 0) is 4.74 Å². The number of H-pyrrole nitrogens is 1. The van der Waals surface area contributed by atoms with Crippen LogP contribution < -0.4 is 0 Å². The zero-order valence-electron chi connectivity index (χ0n) is 6.86. The van der Waals surface area contributed by atoms with Crippen LogP contribution in [0.25, 0.3) is 0 Å². The monoisotopic (exact) mass is 188 g/mol. The summed E-state index contributed by atoms with van der Waals surface area (Å²) in [6.07, 6.45) is 3.01. The Morgan fingerprint density at radius 2 is 2.67 bits per heavy atom. The molecule has 0 aliphatic rings.